The van der Waals surface area contributed by atoms with Crippen LogP contribution in [0.15, 0.2) is 71.8 Å². The standard InChI is InChI=1S/C25H26ClN5O3/c1-2-21(32)31-13-16(14-31)20-10-11-29-25(30-20)22(24(28)33)23(27)15-6-8-18(9-7-15)34-19-5-3-4-17(26)12-19/h2-9,12,16,20H,1,10-11,13-14,27H2,(H2,28,33)(H,29,30). The normalized spacial score (nSPS) is 18.7. The number of aliphatic imine (C=N–C) groups is 1. The molecule has 1 fully saturated rings. The molecular weight excluding hydrogens is 454 g/mol. The van der Waals surface area contributed by atoms with Crippen LogP contribution >= 0.6 is 11.6 Å². The van der Waals surface area contributed by atoms with Crippen LogP contribution in [-0.2, 0) is 9.59 Å². The lowest BCUT2D eigenvalue weighted by Crippen LogP contribution is -2.59. The number of primary amides is 1. The number of hydrogen-bond donors (Lipinski definition) is 3. The predicted octanol–water partition coefficient (Wildman–Crippen LogP) is 2.69. The van der Waals surface area contributed by atoms with Crippen molar-refractivity contribution < 1.29 is 14.3 Å². The Morgan fingerprint density at radius 2 is 1.88 bits per heavy atom. The number of nitrogens with zero attached hydrogens (tertiary/aromatic N) is 2. The number of halogens is 1. The minimum Gasteiger partial charge on any atom is -0.457 e. The number of likely N-dealkylation sites (tertiary alicyclic amines) is 1. The van der Waals surface area contributed by atoms with E-state index in [2.05, 4.69) is 16.9 Å². The van der Waals surface area contributed by atoms with Crippen LogP contribution in [0.3, 0.4) is 0 Å². The van der Waals surface area contributed by atoms with Gasteiger partial charge >= 0.3 is 0 Å². The number of amidine groups is 1. The SMILES string of the molecule is C=CC(=O)N1CC(C2CCN=C(C(C(N)=O)=C(N)c3ccc(Oc4cccc(Cl)c4)cc3)N2)C1. The minimum absolute atomic E-state index is 0.0667. The average Bonchev–Trinajstić information content (AvgIpc) is 2.78. The first-order valence-electron chi connectivity index (χ1n) is 10.9. The van der Waals surface area contributed by atoms with Gasteiger partial charge in [0.25, 0.3) is 5.91 Å². The molecule has 1 atom stereocenters. The molecule has 4 rings (SSSR count). The fourth-order valence-corrected chi connectivity index (χ4v) is 4.26. The molecule has 0 aliphatic carbocycles. The third kappa shape index (κ3) is 5.07. The van der Waals surface area contributed by atoms with E-state index in [1.54, 1.807) is 53.4 Å². The van der Waals surface area contributed by atoms with E-state index in [1.807, 2.05) is 0 Å². The zero-order valence-electron chi connectivity index (χ0n) is 18.5. The summed E-state index contributed by atoms with van der Waals surface area (Å²) < 4.78 is 5.81. The van der Waals surface area contributed by atoms with Crippen LogP contribution in [0.1, 0.15) is 12.0 Å². The summed E-state index contributed by atoms with van der Waals surface area (Å²) in [6, 6.07) is 14.2. The largest absolute Gasteiger partial charge is 0.457 e. The van der Waals surface area contributed by atoms with Crippen molar-refractivity contribution in [2.24, 2.45) is 22.4 Å². The number of hydrogen-bond acceptors (Lipinski definition) is 6. The van der Waals surface area contributed by atoms with Crippen LogP contribution in [0.4, 0.5) is 0 Å². The van der Waals surface area contributed by atoms with Crippen molar-refractivity contribution >= 4 is 34.9 Å². The Bertz CT molecular complexity index is 1170. The number of carbonyl (C=O) groups excluding carboxylic acids is 2. The number of rotatable bonds is 7. The van der Waals surface area contributed by atoms with Gasteiger partial charge in [0, 0.05) is 36.6 Å². The molecule has 0 radical (unpaired) electrons. The second-order valence-electron chi connectivity index (χ2n) is 8.21. The van der Waals surface area contributed by atoms with E-state index in [9.17, 15) is 9.59 Å². The van der Waals surface area contributed by atoms with E-state index < -0.39 is 5.91 Å². The molecule has 2 aromatic rings. The van der Waals surface area contributed by atoms with Gasteiger partial charge in [0.1, 0.15) is 22.9 Å². The summed E-state index contributed by atoms with van der Waals surface area (Å²) in [6.07, 6.45) is 2.11. The molecule has 5 N–H and O–H groups in total. The summed E-state index contributed by atoms with van der Waals surface area (Å²) in [5, 5.41) is 3.90. The summed E-state index contributed by atoms with van der Waals surface area (Å²) in [5.41, 5.74) is 13.1. The molecule has 2 aromatic carbocycles. The van der Waals surface area contributed by atoms with Crippen LogP contribution in [0.25, 0.3) is 5.70 Å². The van der Waals surface area contributed by atoms with Crippen LogP contribution < -0.4 is 21.5 Å². The van der Waals surface area contributed by atoms with Crippen LogP contribution in [0.5, 0.6) is 11.5 Å². The van der Waals surface area contributed by atoms with Gasteiger partial charge in [0.15, 0.2) is 0 Å². The molecule has 0 bridgehead atoms. The number of ether oxygens (including phenoxy) is 1. The molecule has 2 aliphatic rings. The summed E-state index contributed by atoms with van der Waals surface area (Å²) in [7, 11) is 0. The molecule has 1 unspecified atom stereocenters. The topological polar surface area (TPSA) is 123 Å². The molecule has 2 heterocycles. The summed E-state index contributed by atoms with van der Waals surface area (Å²) in [4.78, 5) is 30.3. The highest BCUT2D eigenvalue weighted by Gasteiger charge is 2.37. The molecule has 0 aromatic heterocycles. The third-order valence-electron chi connectivity index (χ3n) is 5.95. The lowest BCUT2D eigenvalue weighted by molar-refractivity contribution is -0.132. The zero-order chi connectivity index (χ0) is 24.2. The fraction of sp³-hybridized carbons (Fsp3) is 0.240. The maximum Gasteiger partial charge on any atom is 0.254 e. The van der Waals surface area contributed by atoms with Crippen molar-refractivity contribution in [1.82, 2.24) is 10.2 Å². The quantitative estimate of drug-likeness (QED) is 0.527. The molecule has 34 heavy (non-hydrogen) atoms. The highest BCUT2D eigenvalue weighted by atomic mass is 35.5. The first-order valence-corrected chi connectivity index (χ1v) is 11.3. The number of benzene rings is 2. The molecular formula is C25H26ClN5O3. The Morgan fingerprint density at radius 3 is 2.53 bits per heavy atom. The maximum absolute atomic E-state index is 12.4. The predicted molar refractivity (Wildman–Crippen MR) is 132 cm³/mol. The molecule has 176 valence electrons. The molecule has 0 saturated carbocycles. The van der Waals surface area contributed by atoms with Crippen molar-refractivity contribution in [3.63, 3.8) is 0 Å². The Balaban J connectivity index is 1.49. The van der Waals surface area contributed by atoms with Gasteiger partial charge < -0.3 is 26.4 Å². The van der Waals surface area contributed by atoms with Gasteiger partial charge in [-0.25, -0.2) is 0 Å². The van der Waals surface area contributed by atoms with Gasteiger partial charge in [-0.3, -0.25) is 14.6 Å². The highest BCUT2D eigenvalue weighted by Crippen LogP contribution is 2.27. The average molecular weight is 480 g/mol. The lowest BCUT2D eigenvalue weighted by Gasteiger charge is -2.44. The van der Waals surface area contributed by atoms with Gasteiger partial charge in [-0.1, -0.05) is 24.2 Å². The van der Waals surface area contributed by atoms with Gasteiger partial charge in [0.2, 0.25) is 5.91 Å². The second-order valence-corrected chi connectivity index (χ2v) is 8.65. The van der Waals surface area contributed by atoms with E-state index in [4.69, 9.17) is 27.8 Å². The Hall–Kier alpha value is -3.78. The highest BCUT2D eigenvalue weighted by molar-refractivity contribution is 6.30. The first-order chi connectivity index (χ1) is 16.4. The molecule has 2 aliphatic heterocycles. The maximum atomic E-state index is 12.4. The van der Waals surface area contributed by atoms with E-state index in [1.165, 1.54) is 6.08 Å². The van der Waals surface area contributed by atoms with E-state index in [0.29, 0.717) is 47.6 Å². The van der Waals surface area contributed by atoms with E-state index >= 15 is 0 Å². The number of amides is 2. The minimum atomic E-state index is -0.666. The van der Waals surface area contributed by atoms with Crippen molar-refractivity contribution in [2.75, 3.05) is 19.6 Å². The number of carbonyl (C=O) groups is 2. The van der Waals surface area contributed by atoms with E-state index in [0.717, 1.165) is 6.42 Å². The first kappa shape index (κ1) is 23.4. The van der Waals surface area contributed by atoms with Crippen LogP contribution in [0.2, 0.25) is 5.02 Å². The van der Waals surface area contributed by atoms with Gasteiger partial charge in [-0.15, -0.1) is 0 Å². The Labute approximate surface area is 202 Å². The summed E-state index contributed by atoms with van der Waals surface area (Å²) in [6.45, 7) is 5.33. The number of nitrogens with two attached hydrogens (primary N) is 2. The summed E-state index contributed by atoms with van der Waals surface area (Å²) in [5.74, 6) is 1.10. The molecule has 8 nitrogen and oxygen atoms in total. The lowest BCUT2D eigenvalue weighted by atomic mass is 9.88. The summed E-state index contributed by atoms with van der Waals surface area (Å²) >= 11 is 6.00. The van der Waals surface area contributed by atoms with E-state index in [-0.39, 0.29) is 29.1 Å². The van der Waals surface area contributed by atoms with Crippen molar-refractivity contribution in [3.05, 3.63) is 77.3 Å². The van der Waals surface area contributed by atoms with Crippen LogP contribution in [-0.4, -0.2) is 48.2 Å². The molecule has 0 spiro atoms. The third-order valence-corrected chi connectivity index (χ3v) is 6.18. The Morgan fingerprint density at radius 1 is 1.15 bits per heavy atom. The number of nitrogens with one attached hydrogen (secondary N) is 1. The van der Waals surface area contributed by atoms with Crippen molar-refractivity contribution in [2.45, 2.75) is 12.5 Å². The van der Waals surface area contributed by atoms with Crippen molar-refractivity contribution in [3.8, 4) is 11.5 Å². The van der Waals surface area contributed by atoms with Gasteiger partial charge in [-0.05, 0) is 60.5 Å². The van der Waals surface area contributed by atoms with Gasteiger partial charge in [-0.2, -0.15) is 0 Å². The molecule has 1 saturated heterocycles. The fourth-order valence-electron chi connectivity index (χ4n) is 4.08. The molecule has 9 heteroatoms. The Kier molecular flexibility index (Phi) is 6.88. The second kappa shape index (κ2) is 10.0. The van der Waals surface area contributed by atoms with Crippen LogP contribution in [0, 0.1) is 5.92 Å². The zero-order valence-corrected chi connectivity index (χ0v) is 19.3. The monoisotopic (exact) mass is 479 g/mol. The van der Waals surface area contributed by atoms with Crippen molar-refractivity contribution in [1.29, 1.82) is 0 Å². The smallest absolute Gasteiger partial charge is 0.254 e. The molecule has 2 amide bonds. The van der Waals surface area contributed by atoms with Gasteiger partial charge in [0.05, 0.1) is 5.70 Å².